The molecule has 0 aliphatic heterocycles. The third-order valence-corrected chi connectivity index (χ3v) is 3.72. The maximum atomic E-state index is 6.10. The molecule has 0 saturated heterocycles. The van der Waals surface area contributed by atoms with Crippen LogP contribution in [0.4, 0.5) is 0 Å². The molecule has 0 spiro atoms. The second-order valence-electron chi connectivity index (χ2n) is 4.97. The molecule has 1 unspecified atom stereocenters. The first-order valence-corrected chi connectivity index (χ1v) is 7.41. The zero-order chi connectivity index (χ0) is 15.4. The van der Waals surface area contributed by atoms with Gasteiger partial charge >= 0.3 is 0 Å². The summed E-state index contributed by atoms with van der Waals surface area (Å²) in [5.41, 5.74) is 1.04. The van der Waals surface area contributed by atoms with Gasteiger partial charge in [-0.05, 0) is 38.6 Å². The highest BCUT2D eigenvalue weighted by molar-refractivity contribution is 6.30. The number of aromatic nitrogens is 3. The fraction of sp³-hybridized carbons (Fsp3) is 0.467. The summed E-state index contributed by atoms with van der Waals surface area (Å²) >= 11 is 6.10. The molecular weight excluding hydrogens is 288 g/mol. The molecule has 0 fully saturated rings. The first-order chi connectivity index (χ1) is 10.0. The second-order valence-corrected chi connectivity index (χ2v) is 5.41. The summed E-state index contributed by atoms with van der Waals surface area (Å²) in [5.74, 6) is 2.48. The molecule has 1 aromatic heterocycles. The molecule has 0 saturated carbocycles. The maximum Gasteiger partial charge on any atom is 0.170 e. The summed E-state index contributed by atoms with van der Waals surface area (Å²) in [7, 11) is 1.93. The fourth-order valence-electron chi connectivity index (χ4n) is 2.12. The van der Waals surface area contributed by atoms with Crippen molar-refractivity contribution in [3.8, 4) is 5.75 Å². The average Bonchev–Trinajstić information content (AvgIpc) is 2.78. The minimum absolute atomic E-state index is 0.171. The van der Waals surface area contributed by atoms with Crippen LogP contribution in [0.1, 0.15) is 37.1 Å². The Labute approximate surface area is 130 Å². The van der Waals surface area contributed by atoms with Crippen LogP contribution in [0.2, 0.25) is 5.02 Å². The zero-order valence-electron chi connectivity index (χ0n) is 12.9. The van der Waals surface area contributed by atoms with Crippen molar-refractivity contribution in [3.05, 3.63) is 40.4 Å². The van der Waals surface area contributed by atoms with E-state index in [-0.39, 0.29) is 6.04 Å². The lowest BCUT2D eigenvalue weighted by Crippen LogP contribution is -2.18. The van der Waals surface area contributed by atoms with Gasteiger partial charge < -0.3 is 14.6 Å². The molecule has 2 rings (SSSR count). The molecule has 114 valence electrons. The lowest BCUT2D eigenvalue weighted by Gasteiger charge is -2.18. The van der Waals surface area contributed by atoms with E-state index in [0.717, 1.165) is 29.5 Å². The zero-order valence-corrected chi connectivity index (χ0v) is 13.6. The summed E-state index contributed by atoms with van der Waals surface area (Å²) < 4.78 is 7.84. The van der Waals surface area contributed by atoms with Crippen LogP contribution < -0.4 is 10.1 Å². The number of aryl methyl sites for hydroxylation is 1. The van der Waals surface area contributed by atoms with Crippen molar-refractivity contribution in [2.75, 3.05) is 6.54 Å². The lowest BCUT2D eigenvalue weighted by atomic mass is 10.1. The van der Waals surface area contributed by atoms with Gasteiger partial charge in [-0.15, -0.1) is 10.2 Å². The molecule has 0 amide bonds. The Bertz CT molecular complexity index is 612. The Kier molecular flexibility index (Phi) is 5.20. The van der Waals surface area contributed by atoms with E-state index in [4.69, 9.17) is 16.3 Å². The van der Waals surface area contributed by atoms with Crippen LogP contribution in [0.25, 0.3) is 0 Å². The summed E-state index contributed by atoms with van der Waals surface area (Å²) in [5, 5.41) is 12.2. The van der Waals surface area contributed by atoms with E-state index in [0.29, 0.717) is 11.6 Å². The predicted molar refractivity (Wildman–Crippen MR) is 83.6 cm³/mol. The molecule has 1 N–H and O–H groups in total. The third kappa shape index (κ3) is 3.74. The van der Waals surface area contributed by atoms with Gasteiger partial charge in [-0.3, -0.25) is 0 Å². The molecular formula is C15H21ClN4O. The predicted octanol–water partition coefficient (Wildman–Crippen LogP) is 3.03. The van der Waals surface area contributed by atoms with Gasteiger partial charge in [0.25, 0.3) is 0 Å². The highest BCUT2D eigenvalue weighted by Gasteiger charge is 2.13. The van der Waals surface area contributed by atoms with Crippen LogP contribution in [0, 0.1) is 6.92 Å². The number of hydrogen-bond acceptors (Lipinski definition) is 4. The van der Waals surface area contributed by atoms with E-state index >= 15 is 0 Å². The standard InChI is InChI=1S/C15H21ClN4O/c1-5-17-10(2)13-8-12(16)6-7-14(13)21-9-15-19-18-11(3)20(15)4/h6-8,10,17H,5,9H2,1-4H3. The highest BCUT2D eigenvalue weighted by atomic mass is 35.5. The largest absolute Gasteiger partial charge is 0.485 e. The van der Waals surface area contributed by atoms with E-state index in [1.807, 2.05) is 36.7 Å². The van der Waals surface area contributed by atoms with Crippen molar-refractivity contribution in [2.45, 2.75) is 33.4 Å². The molecule has 1 heterocycles. The second kappa shape index (κ2) is 6.91. The number of hydrogen-bond donors (Lipinski definition) is 1. The number of nitrogens with zero attached hydrogens (tertiary/aromatic N) is 3. The number of halogens is 1. The number of nitrogens with one attached hydrogen (secondary N) is 1. The van der Waals surface area contributed by atoms with Crippen molar-refractivity contribution >= 4 is 11.6 Å². The van der Waals surface area contributed by atoms with Gasteiger partial charge in [0, 0.05) is 23.7 Å². The minimum atomic E-state index is 0.171. The maximum absolute atomic E-state index is 6.10. The van der Waals surface area contributed by atoms with Gasteiger partial charge in [0.1, 0.15) is 18.2 Å². The Morgan fingerprint density at radius 3 is 2.76 bits per heavy atom. The van der Waals surface area contributed by atoms with Crippen LogP contribution in [-0.4, -0.2) is 21.3 Å². The van der Waals surface area contributed by atoms with Crippen molar-refractivity contribution in [1.82, 2.24) is 20.1 Å². The van der Waals surface area contributed by atoms with E-state index in [9.17, 15) is 0 Å². The molecule has 0 aliphatic rings. The molecule has 0 bridgehead atoms. The molecule has 1 aromatic carbocycles. The van der Waals surface area contributed by atoms with Gasteiger partial charge in [-0.25, -0.2) is 0 Å². The van der Waals surface area contributed by atoms with Crippen molar-refractivity contribution in [3.63, 3.8) is 0 Å². The summed E-state index contributed by atoms with van der Waals surface area (Å²) in [4.78, 5) is 0. The Morgan fingerprint density at radius 1 is 1.38 bits per heavy atom. The molecule has 5 nitrogen and oxygen atoms in total. The molecule has 0 aliphatic carbocycles. The van der Waals surface area contributed by atoms with E-state index in [1.54, 1.807) is 0 Å². The monoisotopic (exact) mass is 308 g/mol. The number of rotatable bonds is 6. The molecule has 2 aromatic rings. The van der Waals surface area contributed by atoms with E-state index in [1.165, 1.54) is 0 Å². The van der Waals surface area contributed by atoms with Crippen molar-refractivity contribution in [1.29, 1.82) is 0 Å². The minimum Gasteiger partial charge on any atom is -0.485 e. The third-order valence-electron chi connectivity index (χ3n) is 3.49. The normalized spacial score (nSPS) is 12.4. The summed E-state index contributed by atoms with van der Waals surface area (Å²) in [6.45, 7) is 7.34. The molecule has 1 atom stereocenters. The molecule has 6 heteroatoms. The number of ether oxygens (including phenoxy) is 1. The van der Waals surface area contributed by atoms with E-state index < -0.39 is 0 Å². The van der Waals surface area contributed by atoms with Crippen LogP contribution in [-0.2, 0) is 13.7 Å². The topological polar surface area (TPSA) is 52.0 Å². The molecule has 21 heavy (non-hydrogen) atoms. The Morgan fingerprint density at radius 2 is 2.14 bits per heavy atom. The SMILES string of the molecule is CCNC(C)c1cc(Cl)ccc1OCc1nnc(C)n1C. The van der Waals surface area contributed by atoms with E-state index in [2.05, 4.69) is 29.4 Å². The number of benzene rings is 1. The fourth-order valence-corrected chi connectivity index (χ4v) is 2.30. The highest BCUT2D eigenvalue weighted by Crippen LogP contribution is 2.29. The lowest BCUT2D eigenvalue weighted by molar-refractivity contribution is 0.285. The summed E-state index contributed by atoms with van der Waals surface area (Å²) in [6.07, 6.45) is 0. The first kappa shape index (κ1) is 15.8. The van der Waals surface area contributed by atoms with Gasteiger partial charge in [-0.2, -0.15) is 0 Å². The Hall–Kier alpha value is -1.59. The first-order valence-electron chi connectivity index (χ1n) is 7.03. The smallest absolute Gasteiger partial charge is 0.170 e. The Balaban J connectivity index is 2.17. The van der Waals surface area contributed by atoms with Gasteiger partial charge in [0.15, 0.2) is 5.82 Å². The average molecular weight is 309 g/mol. The van der Waals surface area contributed by atoms with Crippen LogP contribution in [0.3, 0.4) is 0 Å². The van der Waals surface area contributed by atoms with Gasteiger partial charge in [-0.1, -0.05) is 18.5 Å². The van der Waals surface area contributed by atoms with Crippen LogP contribution in [0.15, 0.2) is 18.2 Å². The quantitative estimate of drug-likeness (QED) is 0.891. The van der Waals surface area contributed by atoms with Crippen molar-refractivity contribution in [2.24, 2.45) is 7.05 Å². The molecule has 0 radical (unpaired) electrons. The van der Waals surface area contributed by atoms with Gasteiger partial charge in [0.2, 0.25) is 0 Å². The summed E-state index contributed by atoms with van der Waals surface area (Å²) in [6, 6.07) is 5.84. The van der Waals surface area contributed by atoms with Crippen LogP contribution >= 0.6 is 11.6 Å². The van der Waals surface area contributed by atoms with Crippen LogP contribution in [0.5, 0.6) is 5.75 Å². The van der Waals surface area contributed by atoms with Crippen molar-refractivity contribution < 1.29 is 4.74 Å². The van der Waals surface area contributed by atoms with Gasteiger partial charge in [0.05, 0.1) is 0 Å².